The average molecular weight is 512 g/mol. The Morgan fingerprint density at radius 3 is 1.11 bits per heavy atom. The molecule has 11 nitrogen and oxygen atoms in total. The first-order chi connectivity index (χ1) is 17.0. The van der Waals surface area contributed by atoms with Crippen LogP contribution in [-0.4, -0.2) is 124 Å². The Morgan fingerprint density at radius 2 is 0.829 bits per heavy atom. The Hall–Kier alpha value is -0.890. The second kappa shape index (κ2) is 26.2. The van der Waals surface area contributed by atoms with Crippen molar-refractivity contribution in [3.8, 4) is 0 Å². The molecule has 11 heteroatoms. The molecular weight excluding hydrogens is 462 g/mol. The van der Waals surface area contributed by atoms with E-state index in [9.17, 15) is 4.79 Å². The van der Waals surface area contributed by atoms with Gasteiger partial charge in [0.15, 0.2) is 0 Å². The lowest BCUT2D eigenvalue weighted by molar-refractivity contribution is -0.158. The Morgan fingerprint density at radius 1 is 0.543 bits per heavy atom. The summed E-state index contributed by atoms with van der Waals surface area (Å²) in [5.74, 6) is -0.243. The molecule has 0 spiro atoms. The van der Waals surface area contributed by atoms with E-state index in [0.29, 0.717) is 112 Å². The zero-order valence-electron chi connectivity index (χ0n) is 22.1. The second-order valence-corrected chi connectivity index (χ2v) is 8.02. The van der Waals surface area contributed by atoms with Gasteiger partial charge in [0.1, 0.15) is 5.60 Å². The number of nitrogens with two attached hydrogens (primary N) is 1. The van der Waals surface area contributed by atoms with Crippen LogP contribution in [-0.2, 0) is 47.4 Å². The first-order valence-corrected chi connectivity index (χ1v) is 12.6. The van der Waals surface area contributed by atoms with E-state index in [0.717, 1.165) is 6.42 Å². The van der Waals surface area contributed by atoms with Crippen molar-refractivity contribution in [3.05, 3.63) is 0 Å². The summed E-state index contributed by atoms with van der Waals surface area (Å²) in [5.41, 5.74) is 4.89. The van der Waals surface area contributed by atoms with Crippen LogP contribution in [0.4, 0.5) is 0 Å². The van der Waals surface area contributed by atoms with Crippen LogP contribution in [0.15, 0.2) is 0 Å². The maximum absolute atomic E-state index is 11.7. The highest BCUT2D eigenvalue weighted by Crippen LogP contribution is 2.14. The summed E-state index contributed by atoms with van der Waals surface area (Å²) < 4.78 is 48.4. The molecule has 0 fully saturated rings. The number of rotatable bonds is 28. The first-order valence-electron chi connectivity index (χ1n) is 12.6. The molecule has 0 amide bonds. The molecule has 0 atom stereocenters. The Kier molecular flexibility index (Phi) is 25.5. The molecule has 0 unspecified atom stereocenters. The molecular formula is C24H49NO10. The summed E-state index contributed by atoms with van der Waals surface area (Å²) in [5, 5.41) is 0. The number of carbonyl (C=O) groups is 1. The highest BCUT2D eigenvalue weighted by atomic mass is 16.6. The van der Waals surface area contributed by atoms with Crippen LogP contribution in [0.1, 0.15) is 33.6 Å². The highest BCUT2D eigenvalue weighted by molar-refractivity contribution is 5.69. The third kappa shape index (κ3) is 27.5. The van der Waals surface area contributed by atoms with Crippen LogP contribution in [0, 0.1) is 0 Å². The van der Waals surface area contributed by atoms with E-state index < -0.39 is 5.60 Å². The van der Waals surface area contributed by atoms with E-state index in [1.54, 1.807) is 0 Å². The standard InChI is InChI=1S/C24H49NO10/c1-4-24(2,3)35-23(26)5-7-27-9-11-29-13-15-31-17-19-33-21-22-34-20-18-32-16-14-30-12-10-28-8-6-25/h4-22,25H2,1-3H3. The largest absolute Gasteiger partial charge is 0.460 e. The zero-order chi connectivity index (χ0) is 25.9. The number of carbonyl (C=O) groups excluding carboxylic acids is 1. The molecule has 0 aliphatic heterocycles. The number of hydrogen-bond acceptors (Lipinski definition) is 11. The molecule has 0 aliphatic carbocycles. The van der Waals surface area contributed by atoms with E-state index >= 15 is 0 Å². The van der Waals surface area contributed by atoms with Gasteiger partial charge in [0.2, 0.25) is 0 Å². The van der Waals surface area contributed by atoms with Gasteiger partial charge >= 0.3 is 5.97 Å². The second-order valence-electron chi connectivity index (χ2n) is 8.02. The first kappa shape index (κ1) is 34.1. The predicted molar refractivity (Wildman–Crippen MR) is 131 cm³/mol. The van der Waals surface area contributed by atoms with E-state index in [1.165, 1.54) is 0 Å². The summed E-state index contributed by atoms with van der Waals surface area (Å²) in [7, 11) is 0. The van der Waals surface area contributed by atoms with Gasteiger partial charge in [0.25, 0.3) is 0 Å². The predicted octanol–water partition coefficient (Wildman–Crippen LogP) is 1.20. The normalized spacial score (nSPS) is 11.8. The molecule has 0 saturated carbocycles. The van der Waals surface area contributed by atoms with E-state index in [1.807, 2.05) is 20.8 Å². The fourth-order valence-corrected chi connectivity index (χ4v) is 2.31. The third-order valence-corrected chi connectivity index (χ3v) is 4.56. The minimum Gasteiger partial charge on any atom is -0.460 e. The van der Waals surface area contributed by atoms with Gasteiger partial charge in [-0.15, -0.1) is 0 Å². The molecule has 0 aromatic heterocycles. The molecule has 0 aromatic rings. The van der Waals surface area contributed by atoms with E-state index in [2.05, 4.69) is 0 Å². The number of esters is 1. The molecule has 210 valence electrons. The molecule has 0 rings (SSSR count). The smallest absolute Gasteiger partial charge is 0.308 e. The maximum atomic E-state index is 11.7. The Labute approximate surface area is 211 Å². The minimum absolute atomic E-state index is 0.243. The van der Waals surface area contributed by atoms with Gasteiger partial charge in [0.05, 0.1) is 112 Å². The lowest BCUT2D eigenvalue weighted by Gasteiger charge is -2.23. The van der Waals surface area contributed by atoms with Crippen molar-refractivity contribution in [2.24, 2.45) is 5.73 Å². The van der Waals surface area contributed by atoms with Gasteiger partial charge in [-0.25, -0.2) is 0 Å². The third-order valence-electron chi connectivity index (χ3n) is 4.56. The molecule has 0 bridgehead atoms. The molecule has 2 N–H and O–H groups in total. The van der Waals surface area contributed by atoms with Crippen LogP contribution in [0.2, 0.25) is 0 Å². The zero-order valence-corrected chi connectivity index (χ0v) is 22.1. The van der Waals surface area contributed by atoms with Crippen molar-refractivity contribution in [2.45, 2.75) is 39.2 Å². The summed E-state index contributed by atoms with van der Waals surface area (Å²) in [6.45, 7) is 14.2. The lowest BCUT2D eigenvalue weighted by atomic mass is 10.1. The number of ether oxygens (including phenoxy) is 9. The monoisotopic (exact) mass is 511 g/mol. The Balaban J connectivity index is 3.13. The molecule has 0 saturated heterocycles. The topological polar surface area (TPSA) is 126 Å². The van der Waals surface area contributed by atoms with Gasteiger partial charge < -0.3 is 48.4 Å². The van der Waals surface area contributed by atoms with Gasteiger partial charge in [-0.3, -0.25) is 4.79 Å². The summed E-state index contributed by atoms with van der Waals surface area (Å²) in [6.07, 6.45) is 1.02. The van der Waals surface area contributed by atoms with Gasteiger partial charge in [0, 0.05) is 6.54 Å². The van der Waals surface area contributed by atoms with Gasteiger partial charge in [-0.1, -0.05) is 6.92 Å². The van der Waals surface area contributed by atoms with Gasteiger partial charge in [-0.2, -0.15) is 0 Å². The maximum Gasteiger partial charge on any atom is 0.308 e. The van der Waals surface area contributed by atoms with E-state index in [4.69, 9.17) is 48.4 Å². The van der Waals surface area contributed by atoms with Crippen molar-refractivity contribution >= 4 is 5.97 Å². The summed E-state index contributed by atoms with van der Waals surface area (Å²) >= 11 is 0. The molecule has 35 heavy (non-hydrogen) atoms. The quantitative estimate of drug-likeness (QED) is 0.120. The number of hydrogen-bond donors (Lipinski definition) is 1. The van der Waals surface area contributed by atoms with Crippen LogP contribution in [0.25, 0.3) is 0 Å². The van der Waals surface area contributed by atoms with Crippen molar-refractivity contribution in [2.75, 3.05) is 112 Å². The molecule has 0 radical (unpaired) electrons. The minimum atomic E-state index is -0.424. The van der Waals surface area contributed by atoms with Crippen LogP contribution < -0.4 is 5.73 Å². The lowest BCUT2D eigenvalue weighted by Crippen LogP contribution is -2.27. The highest BCUT2D eigenvalue weighted by Gasteiger charge is 2.19. The molecule has 0 aromatic carbocycles. The van der Waals surface area contributed by atoms with Gasteiger partial charge in [-0.05, 0) is 20.3 Å². The average Bonchev–Trinajstić information content (AvgIpc) is 2.83. The van der Waals surface area contributed by atoms with Crippen LogP contribution in [0.5, 0.6) is 0 Å². The van der Waals surface area contributed by atoms with Crippen LogP contribution in [0.3, 0.4) is 0 Å². The summed E-state index contributed by atoms with van der Waals surface area (Å²) in [4.78, 5) is 11.7. The van der Waals surface area contributed by atoms with Crippen molar-refractivity contribution < 1.29 is 47.4 Å². The Bertz CT molecular complexity index is 454. The van der Waals surface area contributed by atoms with Crippen molar-refractivity contribution in [1.82, 2.24) is 0 Å². The molecule has 0 aliphatic rings. The fraction of sp³-hybridized carbons (Fsp3) is 0.958. The van der Waals surface area contributed by atoms with Crippen molar-refractivity contribution in [1.29, 1.82) is 0 Å². The van der Waals surface area contributed by atoms with Crippen LogP contribution >= 0.6 is 0 Å². The molecule has 0 heterocycles. The van der Waals surface area contributed by atoms with Crippen molar-refractivity contribution in [3.63, 3.8) is 0 Å². The SMILES string of the molecule is CCC(C)(C)OC(=O)CCOCCOCCOCCOCCOCCOCCOCCOCCN. The fourth-order valence-electron chi connectivity index (χ4n) is 2.31. The van der Waals surface area contributed by atoms with E-state index in [-0.39, 0.29) is 12.4 Å². The summed E-state index contributed by atoms with van der Waals surface area (Å²) in [6, 6.07) is 0.